The van der Waals surface area contributed by atoms with Gasteiger partial charge < -0.3 is 10.3 Å². The van der Waals surface area contributed by atoms with Crippen molar-refractivity contribution in [3.63, 3.8) is 0 Å². The summed E-state index contributed by atoms with van der Waals surface area (Å²) in [6.45, 7) is 0.380. The van der Waals surface area contributed by atoms with Crippen molar-refractivity contribution in [3.05, 3.63) is 71.9 Å². The van der Waals surface area contributed by atoms with E-state index < -0.39 is 5.82 Å². The van der Waals surface area contributed by atoms with Crippen LogP contribution in [0.25, 0.3) is 11.3 Å². The largest absolute Gasteiger partial charge is 0.377 e. The third kappa shape index (κ3) is 2.81. The summed E-state index contributed by atoms with van der Waals surface area (Å²) in [5.41, 5.74) is 2.43. The Morgan fingerprint density at radius 1 is 1.14 bits per heavy atom. The molecule has 108 valence electrons. The van der Waals surface area contributed by atoms with Gasteiger partial charge in [-0.15, -0.1) is 0 Å². The number of hydrogen-bond donors (Lipinski definition) is 2. The van der Waals surface area contributed by atoms with E-state index in [4.69, 9.17) is 5.26 Å². The number of nitrogens with one attached hydrogen (secondary N) is 2. The molecule has 0 bridgehead atoms. The van der Waals surface area contributed by atoms with Crippen LogP contribution in [0, 0.1) is 17.1 Å². The first-order chi connectivity index (χ1) is 10.8. The van der Waals surface area contributed by atoms with Crippen molar-refractivity contribution in [3.8, 4) is 17.3 Å². The highest BCUT2D eigenvalue weighted by Crippen LogP contribution is 2.19. The second kappa shape index (κ2) is 6.10. The van der Waals surface area contributed by atoms with Gasteiger partial charge in [0, 0.05) is 0 Å². The number of hydrogen-bond acceptors (Lipinski definition) is 3. The van der Waals surface area contributed by atoms with Gasteiger partial charge in [0.05, 0.1) is 24.1 Å². The molecule has 0 saturated carbocycles. The van der Waals surface area contributed by atoms with E-state index in [0.717, 1.165) is 11.3 Å². The quantitative estimate of drug-likeness (QED) is 0.770. The first-order valence-corrected chi connectivity index (χ1v) is 6.79. The predicted octanol–water partition coefficient (Wildman–Crippen LogP) is 3.70. The van der Waals surface area contributed by atoms with Gasteiger partial charge >= 0.3 is 0 Å². The molecular weight excluding hydrogens is 279 g/mol. The first kappa shape index (κ1) is 13.8. The second-order valence-corrected chi connectivity index (χ2v) is 4.74. The number of aromatic nitrogens is 2. The number of halogens is 1. The molecule has 0 saturated heterocycles. The maximum Gasteiger partial charge on any atom is 0.143 e. The fraction of sp³-hybridized carbons (Fsp3) is 0.0588. The summed E-state index contributed by atoms with van der Waals surface area (Å²) in [6.07, 6.45) is 1.75. The van der Waals surface area contributed by atoms with Crippen molar-refractivity contribution in [2.24, 2.45) is 0 Å². The molecule has 2 N–H and O–H groups in total. The van der Waals surface area contributed by atoms with Gasteiger partial charge in [-0.05, 0) is 17.7 Å². The Balaban J connectivity index is 1.75. The van der Waals surface area contributed by atoms with Gasteiger partial charge in [-0.2, -0.15) is 5.26 Å². The smallest absolute Gasteiger partial charge is 0.143 e. The summed E-state index contributed by atoms with van der Waals surface area (Å²) in [7, 11) is 0. The molecule has 4 nitrogen and oxygen atoms in total. The van der Waals surface area contributed by atoms with Crippen LogP contribution in [-0.4, -0.2) is 9.97 Å². The Kier molecular flexibility index (Phi) is 3.84. The van der Waals surface area contributed by atoms with Crippen LogP contribution in [-0.2, 0) is 6.54 Å². The summed E-state index contributed by atoms with van der Waals surface area (Å²) in [4.78, 5) is 7.49. The third-order valence-corrected chi connectivity index (χ3v) is 3.28. The number of nitriles is 1. The van der Waals surface area contributed by atoms with E-state index in [9.17, 15) is 4.39 Å². The average molecular weight is 292 g/mol. The number of anilines is 1. The van der Waals surface area contributed by atoms with E-state index in [1.54, 1.807) is 18.3 Å². The number of benzene rings is 2. The predicted molar refractivity (Wildman–Crippen MR) is 82.5 cm³/mol. The molecule has 0 aliphatic rings. The van der Waals surface area contributed by atoms with Crippen LogP contribution in [0.4, 0.5) is 10.1 Å². The van der Waals surface area contributed by atoms with Crippen LogP contribution in [0.2, 0.25) is 0 Å². The van der Waals surface area contributed by atoms with Gasteiger partial charge in [0.25, 0.3) is 0 Å². The van der Waals surface area contributed by atoms with E-state index in [0.29, 0.717) is 18.1 Å². The molecule has 3 aromatic rings. The standard InChI is InChI=1S/C17H13FN4/c18-14-7-4-8-15(13(14)9-19)20-11-17-21-10-16(22-17)12-5-2-1-3-6-12/h1-8,10,20H,11H2,(H,21,22). The molecule has 5 heteroatoms. The van der Waals surface area contributed by atoms with Crippen molar-refractivity contribution >= 4 is 5.69 Å². The molecule has 0 fully saturated rings. The molecule has 1 aromatic heterocycles. The van der Waals surface area contributed by atoms with Crippen LogP contribution in [0.3, 0.4) is 0 Å². The molecule has 0 radical (unpaired) electrons. The molecule has 3 rings (SSSR count). The molecular formula is C17H13FN4. The zero-order chi connectivity index (χ0) is 15.4. The second-order valence-electron chi connectivity index (χ2n) is 4.74. The van der Waals surface area contributed by atoms with Gasteiger partial charge in [-0.25, -0.2) is 9.37 Å². The van der Waals surface area contributed by atoms with E-state index in [-0.39, 0.29) is 5.56 Å². The minimum atomic E-state index is -0.531. The number of H-pyrrole nitrogens is 1. The summed E-state index contributed by atoms with van der Waals surface area (Å²) >= 11 is 0. The van der Waals surface area contributed by atoms with Gasteiger partial charge in [-0.3, -0.25) is 0 Å². The summed E-state index contributed by atoms with van der Waals surface area (Å²) in [5.74, 6) is 0.184. The topological polar surface area (TPSA) is 64.5 Å². The van der Waals surface area contributed by atoms with Crippen molar-refractivity contribution in [2.45, 2.75) is 6.54 Å². The fourth-order valence-electron chi connectivity index (χ4n) is 2.18. The molecule has 0 spiro atoms. The zero-order valence-electron chi connectivity index (χ0n) is 11.7. The van der Waals surface area contributed by atoms with Gasteiger partial charge in [0.15, 0.2) is 0 Å². The van der Waals surface area contributed by atoms with Crippen molar-refractivity contribution in [2.75, 3.05) is 5.32 Å². The molecule has 1 heterocycles. The molecule has 22 heavy (non-hydrogen) atoms. The van der Waals surface area contributed by atoms with Crippen molar-refractivity contribution in [1.82, 2.24) is 9.97 Å². The Labute approximate surface area is 127 Å². The highest BCUT2D eigenvalue weighted by atomic mass is 19.1. The Hall–Kier alpha value is -3.13. The number of imidazole rings is 1. The maximum atomic E-state index is 13.5. The molecule has 0 unspecified atom stereocenters. The van der Waals surface area contributed by atoms with Crippen LogP contribution in [0.1, 0.15) is 11.4 Å². The Morgan fingerprint density at radius 2 is 1.95 bits per heavy atom. The lowest BCUT2D eigenvalue weighted by molar-refractivity contribution is 0.624. The van der Waals surface area contributed by atoms with Gasteiger partial charge in [0.2, 0.25) is 0 Å². The van der Waals surface area contributed by atoms with Crippen LogP contribution in [0.15, 0.2) is 54.7 Å². The van der Waals surface area contributed by atoms with E-state index in [1.807, 2.05) is 36.4 Å². The highest BCUT2D eigenvalue weighted by molar-refractivity contribution is 5.59. The van der Waals surface area contributed by atoms with Crippen LogP contribution < -0.4 is 5.32 Å². The minimum absolute atomic E-state index is 0.0114. The molecule has 0 aliphatic heterocycles. The van der Waals surface area contributed by atoms with Crippen LogP contribution in [0.5, 0.6) is 0 Å². The third-order valence-electron chi connectivity index (χ3n) is 3.28. The summed E-state index contributed by atoms with van der Waals surface area (Å²) in [5, 5.41) is 12.0. The lowest BCUT2D eigenvalue weighted by Crippen LogP contribution is -2.03. The monoisotopic (exact) mass is 292 g/mol. The van der Waals surface area contributed by atoms with Gasteiger partial charge in [-0.1, -0.05) is 36.4 Å². The van der Waals surface area contributed by atoms with Gasteiger partial charge in [0.1, 0.15) is 23.3 Å². The van der Waals surface area contributed by atoms with E-state index in [1.165, 1.54) is 6.07 Å². The average Bonchev–Trinajstić information content (AvgIpc) is 3.03. The minimum Gasteiger partial charge on any atom is -0.377 e. The lowest BCUT2D eigenvalue weighted by Gasteiger charge is -2.06. The normalized spacial score (nSPS) is 10.2. The van der Waals surface area contributed by atoms with E-state index >= 15 is 0 Å². The molecule has 0 amide bonds. The summed E-state index contributed by atoms with van der Waals surface area (Å²) < 4.78 is 13.5. The summed E-state index contributed by atoms with van der Waals surface area (Å²) in [6, 6.07) is 16.2. The number of nitrogens with zero attached hydrogens (tertiary/aromatic N) is 2. The SMILES string of the molecule is N#Cc1c(F)cccc1NCc1ncc(-c2ccccc2)[nH]1. The Bertz CT molecular complexity index is 818. The van der Waals surface area contributed by atoms with Crippen molar-refractivity contribution in [1.29, 1.82) is 5.26 Å². The van der Waals surface area contributed by atoms with Crippen LogP contribution >= 0.6 is 0 Å². The molecule has 0 aliphatic carbocycles. The van der Waals surface area contributed by atoms with Crippen molar-refractivity contribution < 1.29 is 4.39 Å². The lowest BCUT2D eigenvalue weighted by atomic mass is 10.2. The first-order valence-electron chi connectivity index (χ1n) is 6.79. The number of rotatable bonds is 4. The van der Waals surface area contributed by atoms with E-state index in [2.05, 4.69) is 15.3 Å². The number of aromatic amines is 1. The zero-order valence-corrected chi connectivity index (χ0v) is 11.7. The fourth-order valence-corrected chi connectivity index (χ4v) is 2.18. The molecule has 0 atom stereocenters. The molecule has 2 aromatic carbocycles. The highest BCUT2D eigenvalue weighted by Gasteiger charge is 2.08. The Morgan fingerprint density at radius 3 is 2.73 bits per heavy atom. The maximum absolute atomic E-state index is 13.5.